The van der Waals surface area contributed by atoms with E-state index in [1.807, 2.05) is 6.07 Å². The summed E-state index contributed by atoms with van der Waals surface area (Å²) in [5.41, 5.74) is 5.79. The van der Waals surface area contributed by atoms with Crippen molar-refractivity contribution in [1.29, 1.82) is 5.26 Å². The molecule has 19 heavy (non-hydrogen) atoms. The van der Waals surface area contributed by atoms with Gasteiger partial charge in [0.2, 0.25) is 0 Å². The molecule has 3 N–H and O–H groups in total. The molecule has 0 spiro atoms. The van der Waals surface area contributed by atoms with Crippen molar-refractivity contribution >= 4 is 37.8 Å². The van der Waals surface area contributed by atoms with E-state index in [4.69, 9.17) is 11.0 Å². The molecule has 7 nitrogen and oxygen atoms in total. The SMILES string of the molecule is COC(=O)c1c(NCCS(C)(=O)=O)sc(C#N)c1N. The molecule has 0 radical (unpaired) electrons. The molecule has 0 aliphatic rings. The van der Waals surface area contributed by atoms with Crippen molar-refractivity contribution in [2.45, 2.75) is 0 Å². The number of sulfone groups is 1. The zero-order valence-corrected chi connectivity index (χ0v) is 12.0. The van der Waals surface area contributed by atoms with Crippen LogP contribution in [0.3, 0.4) is 0 Å². The first-order chi connectivity index (χ1) is 8.80. The fraction of sp³-hybridized carbons (Fsp3) is 0.400. The average Bonchev–Trinajstić information content (AvgIpc) is 2.63. The van der Waals surface area contributed by atoms with Crippen LogP contribution in [0.1, 0.15) is 15.2 Å². The van der Waals surface area contributed by atoms with Crippen LogP contribution in [-0.2, 0) is 14.6 Å². The molecule has 0 unspecified atom stereocenters. The van der Waals surface area contributed by atoms with Gasteiger partial charge in [-0.25, -0.2) is 13.2 Å². The van der Waals surface area contributed by atoms with Gasteiger partial charge in [-0.2, -0.15) is 5.26 Å². The van der Waals surface area contributed by atoms with Crippen molar-refractivity contribution in [1.82, 2.24) is 0 Å². The largest absolute Gasteiger partial charge is 0.465 e. The van der Waals surface area contributed by atoms with Crippen LogP contribution in [0.15, 0.2) is 0 Å². The van der Waals surface area contributed by atoms with Crippen LogP contribution in [0, 0.1) is 11.3 Å². The molecule has 0 saturated heterocycles. The lowest BCUT2D eigenvalue weighted by molar-refractivity contribution is 0.0603. The minimum atomic E-state index is -3.11. The molecule has 0 fully saturated rings. The zero-order valence-electron chi connectivity index (χ0n) is 10.4. The second-order valence-electron chi connectivity index (χ2n) is 3.71. The van der Waals surface area contributed by atoms with Gasteiger partial charge in [-0.3, -0.25) is 0 Å². The second kappa shape index (κ2) is 5.90. The number of hydrogen-bond donors (Lipinski definition) is 2. The van der Waals surface area contributed by atoms with Crippen LogP contribution in [0.25, 0.3) is 0 Å². The standard InChI is InChI=1S/C10H13N3O4S2/c1-17-10(14)7-8(12)6(5-11)18-9(7)13-3-4-19(2,15)16/h13H,3-4,12H2,1-2H3. The van der Waals surface area contributed by atoms with Gasteiger partial charge in [0.1, 0.15) is 31.3 Å². The number of carbonyl (C=O) groups is 1. The number of carbonyl (C=O) groups excluding carboxylic acids is 1. The Hall–Kier alpha value is -1.79. The van der Waals surface area contributed by atoms with E-state index in [1.165, 1.54) is 7.11 Å². The van der Waals surface area contributed by atoms with E-state index >= 15 is 0 Å². The Bertz CT molecular complexity index is 628. The molecule has 1 aromatic heterocycles. The van der Waals surface area contributed by atoms with E-state index in [9.17, 15) is 13.2 Å². The van der Waals surface area contributed by atoms with Crippen LogP contribution in [-0.4, -0.2) is 40.1 Å². The Kier molecular flexibility index (Phi) is 4.74. The molecule has 0 aliphatic carbocycles. The van der Waals surface area contributed by atoms with E-state index in [0.29, 0.717) is 5.00 Å². The van der Waals surface area contributed by atoms with E-state index in [2.05, 4.69) is 10.1 Å². The van der Waals surface area contributed by atoms with Crippen molar-refractivity contribution < 1.29 is 17.9 Å². The predicted octanol–water partition coefficient (Wildman–Crippen LogP) is 0.445. The van der Waals surface area contributed by atoms with Gasteiger partial charge in [-0.05, 0) is 0 Å². The molecule has 0 aromatic carbocycles. The van der Waals surface area contributed by atoms with Gasteiger partial charge in [-0.15, -0.1) is 11.3 Å². The van der Waals surface area contributed by atoms with Crippen molar-refractivity contribution in [2.75, 3.05) is 36.7 Å². The maximum atomic E-state index is 11.6. The third kappa shape index (κ3) is 3.84. The fourth-order valence-electron chi connectivity index (χ4n) is 1.31. The summed E-state index contributed by atoms with van der Waals surface area (Å²) < 4.78 is 26.6. The fourth-order valence-corrected chi connectivity index (χ4v) is 2.71. The minimum Gasteiger partial charge on any atom is -0.465 e. The Morgan fingerprint density at radius 1 is 1.58 bits per heavy atom. The number of thiophene rings is 1. The highest BCUT2D eigenvalue weighted by Crippen LogP contribution is 2.35. The van der Waals surface area contributed by atoms with Gasteiger partial charge in [0.25, 0.3) is 0 Å². The highest BCUT2D eigenvalue weighted by atomic mass is 32.2. The van der Waals surface area contributed by atoms with Crippen molar-refractivity contribution in [3.05, 3.63) is 10.4 Å². The Labute approximate surface area is 114 Å². The van der Waals surface area contributed by atoms with Gasteiger partial charge in [0, 0.05) is 12.8 Å². The second-order valence-corrected chi connectivity index (χ2v) is 6.99. The number of nitrogens with two attached hydrogens (primary N) is 1. The number of hydrogen-bond acceptors (Lipinski definition) is 8. The Morgan fingerprint density at radius 2 is 2.21 bits per heavy atom. The number of nitriles is 1. The summed E-state index contributed by atoms with van der Waals surface area (Å²) in [5, 5.41) is 12.0. The number of anilines is 2. The summed E-state index contributed by atoms with van der Waals surface area (Å²) in [6.45, 7) is 0.119. The third-order valence-corrected chi connectivity index (χ3v) is 4.21. The molecule has 0 saturated carbocycles. The van der Waals surface area contributed by atoms with Crippen molar-refractivity contribution in [2.24, 2.45) is 0 Å². The molecular weight excluding hydrogens is 290 g/mol. The molecule has 104 valence electrons. The van der Waals surface area contributed by atoms with Crippen LogP contribution in [0.4, 0.5) is 10.7 Å². The van der Waals surface area contributed by atoms with Crippen LogP contribution < -0.4 is 11.1 Å². The highest BCUT2D eigenvalue weighted by molar-refractivity contribution is 7.90. The minimum absolute atomic E-state index is 0.0428. The van der Waals surface area contributed by atoms with Gasteiger partial charge < -0.3 is 15.8 Å². The van der Waals surface area contributed by atoms with Crippen LogP contribution in [0.2, 0.25) is 0 Å². The molecule has 0 atom stereocenters. The number of rotatable bonds is 5. The van der Waals surface area contributed by atoms with Gasteiger partial charge >= 0.3 is 5.97 Å². The van der Waals surface area contributed by atoms with E-state index in [1.54, 1.807) is 0 Å². The van der Waals surface area contributed by atoms with E-state index in [0.717, 1.165) is 17.6 Å². The summed E-state index contributed by atoms with van der Waals surface area (Å²) in [6.07, 6.45) is 1.11. The normalized spacial score (nSPS) is 10.8. The molecule has 0 amide bonds. The number of nitrogens with one attached hydrogen (secondary N) is 1. The first-order valence-electron chi connectivity index (χ1n) is 5.12. The number of nitrogen functional groups attached to an aromatic ring is 1. The van der Waals surface area contributed by atoms with Crippen LogP contribution >= 0.6 is 11.3 Å². The molecule has 9 heteroatoms. The molecule has 1 heterocycles. The highest BCUT2D eigenvalue weighted by Gasteiger charge is 2.22. The average molecular weight is 303 g/mol. The van der Waals surface area contributed by atoms with Crippen molar-refractivity contribution in [3.63, 3.8) is 0 Å². The monoisotopic (exact) mass is 303 g/mol. The smallest absolute Gasteiger partial charge is 0.343 e. The number of methoxy groups -OCH3 is 1. The van der Waals surface area contributed by atoms with Crippen molar-refractivity contribution in [3.8, 4) is 6.07 Å². The van der Waals surface area contributed by atoms with Gasteiger partial charge in [0.15, 0.2) is 0 Å². The van der Waals surface area contributed by atoms with Crippen LogP contribution in [0.5, 0.6) is 0 Å². The summed E-state index contributed by atoms with van der Waals surface area (Å²) in [4.78, 5) is 11.8. The van der Waals surface area contributed by atoms with Gasteiger partial charge in [-0.1, -0.05) is 0 Å². The lowest BCUT2D eigenvalue weighted by Crippen LogP contribution is -2.15. The third-order valence-electron chi connectivity index (χ3n) is 2.19. The summed E-state index contributed by atoms with van der Waals surface area (Å²) in [5.74, 6) is -0.759. The summed E-state index contributed by atoms with van der Waals surface area (Å²) >= 11 is 0.988. The molecule has 0 aliphatic heterocycles. The van der Waals surface area contributed by atoms with E-state index < -0.39 is 15.8 Å². The summed E-state index contributed by atoms with van der Waals surface area (Å²) in [6, 6.07) is 1.87. The number of esters is 1. The summed E-state index contributed by atoms with van der Waals surface area (Å²) in [7, 11) is -1.91. The molecular formula is C10H13N3O4S2. The quantitative estimate of drug-likeness (QED) is 0.757. The zero-order chi connectivity index (χ0) is 14.6. The maximum Gasteiger partial charge on any atom is 0.343 e. The first kappa shape index (κ1) is 15.3. The molecule has 0 bridgehead atoms. The number of ether oxygens (including phenoxy) is 1. The lowest BCUT2D eigenvalue weighted by atomic mass is 10.2. The topological polar surface area (TPSA) is 122 Å². The van der Waals surface area contributed by atoms with Gasteiger partial charge in [0.05, 0.1) is 18.6 Å². The molecule has 1 rings (SSSR count). The first-order valence-corrected chi connectivity index (χ1v) is 8.00. The predicted molar refractivity (Wildman–Crippen MR) is 73.0 cm³/mol. The number of nitrogens with zero attached hydrogens (tertiary/aromatic N) is 1. The maximum absolute atomic E-state index is 11.6. The lowest BCUT2D eigenvalue weighted by Gasteiger charge is -2.05. The van der Waals surface area contributed by atoms with E-state index in [-0.39, 0.29) is 28.4 Å². The Balaban J connectivity index is 3.00. The molecule has 1 aromatic rings. The Morgan fingerprint density at radius 3 is 2.68 bits per heavy atom.